The quantitative estimate of drug-likeness (QED) is 0.618. The molecule has 0 aliphatic heterocycles. The number of aromatic nitrogens is 2. The standard InChI is InChI=1S/C15H25ClN2O/c1-4-7-12(6-3)9-10-19-15-11-13(16)17-14(18-15)8-5-2/h11-12H,4-10H2,1-3H3. The number of rotatable bonds is 9. The van der Waals surface area contributed by atoms with Crippen LogP contribution in [0.1, 0.15) is 58.7 Å². The van der Waals surface area contributed by atoms with Crippen LogP contribution in [-0.2, 0) is 6.42 Å². The zero-order chi connectivity index (χ0) is 14.1. The lowest BCUT2D eigenvalue weighted by atomic mass is 9.98. The van der Waals surface area contributed by atoms with Gasteiger partial charge in [-0.3, -0.25) is 0 Å². The van der Waals surface area contributed by atoms with E-state index in [-0.39, 0.29) is 0 Å². The average Bonchev–Trinajstić information content (AvgIpc) is 2.37. The summed E-state index contributed by atoms with van der Waals surface area (Å²) in [6.07, 6.45) is 6.64. The van der Waals surface area contributed by atoms with Gasteiger partial charge in [0.2, 0.25) is 5.88 Å². The highest BCUT2D eigenvalue weighted by Crippen LogP contribution is 2.18. The van der Waals surface area contributed by atoms with E-state index in [4.69, 9.17) is 16.3 Å². The first kappa shape index (κ1) is 16.2. The first-order valence-electron chi connectivity index (χ1n) is 7.35. The molecule has 0 aliphatic rings. The Bertz CT molecular complexity index is 371. The number of nitrogens with zero attached hydrogens (tertiary/aromatic N) is 2. The highest BCUT2D eigenvalue weighted by molar-refractivity contribution is 6.29. The van der Waals surface area contributed by atoms with Crippen molar-refractivity contribution >= 4 is 11.6 Å². The molecule has 1 aromatic heterocycles. The molecule has 1 atom stereocenters. The molecule has 0 saturated heterocycles. The maximum Gasteiger partial charge on any atom is 0.218 e. The second-order valence-corrected chi connectivity index (χ2v) is 5.28. The molecule has 0 spiro atoms. The topological polar surface area (TPSA) is 35.0 Å². The zero-order valence-corrected chi connectivity index (χ0v) is 13.0. The van der Waals surface area contributed by atoms with Crippen molar-refractivity contribution in [1.29, 1.82) is 0 Å². The largest absolute Gasteiger partial charge is 0.478 e. The summed E-state index contributed by atoms with van der Waals surface area (Å²) in [6, 6.07) is 1.70. The van der Waals surface area contributed by atoms with Gasteiger partial charge >= 0.3 is 0 Å². The van der Waals surface area contributed by atoms with Crippen molar-refractivity contribution in [3.05, 3.63) is 17.0 Å². The van der Waals surface area contributed by atoms with E-state index in [1.54, 1.807) is 6.07 Å². The van der Waals surface area contributed by atoms with Crippen LogP contribution in [0.3, 0.4) is 0 Å². The minimum atomic E-state index is 0.467. The summed E-state index contributed by atoms with van der Waals surface area (Å²) in [7, 11) is 0. The Balaban J connectivity index is 2.48. The molecule has 0 aromatic carbocycles. The van der Waals surface area contributed by atoms with Crippen LogP contribution >= 0.6 is 11.6 Å². The Kier molecular flexibility index (Phi) is 7.80. The Morgan fingerprint density at radius 3 is 2.58 bits per heavy atom. The molecule has 1 unspecified atom stereocenters. The van der Waals surface area contributed by atoms with Crippen molar-refractivity contribution in [2.75, 3.05) is 6.61 Å². The number of hydrogen-bond acceptors (Lipinski definition) is 3. The highest BCUT2D eigenvalue weighted by Gasteiger charge is 2.07. The summed E-state index contributed by atoms with van der Waals surface area (Å²) in [5.41, 5.74) is 0. The Morgan fingerprint density at radius 2 is 1.95 bits per heavy atom. The molecule has 1 rings (SSSR count). The Labute approximate surface area is 121 Å². The van der Waals surface area contributed by atoms with E-state index in [0.717, 1.165) is 31.0 Å². The van der Waals surface area contributed by atoms with Gasteiger partial charge in [0.15, 0.2) is 0 Å². The molecule has 0 fully saturated rings. The normalized spacial score (nSPS) is 12.4. The monoisotopic (exact) mass is 284 g/mol. The zero-order valence-electron chi connectivity index (χ0n) is 12.3. The second kappa shape index (κ2) is 9.13. The maximum absolute atomic E-state index is 5.97. The minimum absolute atomic E-state index is 0.467. The Morgan fingerprint density at radius 1 is 1.16 bits per heavy atom. The average molecular weight is 285 g/mol. The predicted molar refractivity (Wildman–Crippen MR) is 79.8 cm³/mol. The lowest BCUT2D eigenvalue weighted by molar-refractivity contribution is 0.259. The summed E-state index contributed by atoms with van der Waals surface area (Å²) >= 11 is 5.97. The van der Waals surface area contributed by atoms with Gasteiger partial charge in [-0.15, -0.1) is 0 Å². The van der Waals surface area contributed by atoms with Crippen LogP contribution in [0.25, 0.3) is 0 Å². The van der Waals surface area contributed by atoms with Gasteiger partial charge in [-0.25, -0.2) is 4.98 Å². The molecule has 0 bridgehead atoms. The second-order valence-electron chi connectivity index (χ2n) is 4.90. The van der Waals surface area contributed by atoms with Crippen LogP contribution in [0.2, 0.25) is 5.15 Å². The minimum Gasteiger partial charge on any atom is -0.478 e. The van der Waals surface area contributed by atoms with Gasteiger partial charge in [-0.2, -0.15) is 4.98 Å². The molecule has 1 heterocycles. The molecule has 19 heavy (non-hydrogen) atoms. The molecule has 3 nitrogen and oxygen atoms in total. The van der Waals surface area contributed by atoms with Gasteiger partial charge in [0, 0.05) is 12.5 Å². The van der Waals surface area contributed by atoms with Crippen molar-refractivity contribution in [1.82, 2.24) is 9.97 Å². The van der Waals surface area contributed by atoms with Crippen molar-refractivity contribution in [2.24, 2.45) is 5.92 Å². The molecule has 108 valence electrons. The molecule has 0 saturated carbocycles. The van der Waals surface area contributed by atoms with Crippen LogP contribution in [-0.4, -0.2) is 16.6 Å². The molecule has 0 N–H and O–H groups in total. The number of aryl methyl sites for hydroxylation is 1. The van der Waals surface area contributed by atoms with Gasteiger partial charge in [0.05, 0.1) is 6.61 Å². The van der Waals surface area contributed by atoms with E-state index in [0.29, 0.717) is 17.6 Å². The van der Waals surface area contributed by atoms with Gasteiger partial charge in [0.25, 0.3) is 0 Å². The van der Waals surface area contributed by atoms with E-state index >= 15 is 0 Å². The molecular formula is C15H25ClN2O. The van der Waals surface area contributed by atoms with Gasteiger partial charge in [0.1, 0.15) is 11.0 Å². The third kappa shape index (κ3) is 6.24. The van der Waals surface area contributed by atoms with E-state index in [1.165, 1.54) is 19.3 Å². The van der Waals surface area contributed by atoms with Crippen LogP contribution < -0.4 is 4.74 Å². The van der Waals surface area contributed by atoms with Crippen LogP contribution in [0.5, 0.6) is 5.88 Å². The van der Waals surface area contributed by atoms with Crippen molar-refractivity contribution < 1.29 is 4.74 Å². The van der Waals surface area contributed by atoms with Crippen LogP contribution in [0, 0.1) is 5.92 Å². The lowest BCUT2D eigenvalue weighted by Crippen LogP contribution is -2.08. The van der Waals surface area contributed by atoms with Gasteiger partial charge in [-0.1, -0.05) is 51.6 Å². The van der Waals surface area contributed by atoms with E-state index in [9.17, 15) is 0 Å². The predicted octanol–water partition coefficient (Wildman–Crippen LogP) is 4.68. The van der Waals surface area contributed by atoms with E-state index in [2.05, 4.69) is 30.7 Å². The van der Waals surface area contributed by atoms with Crippen molar-refractivity contribution in [2.45, 2.75) is 59.3 Å². The summed E-state index contributed by atoms with van der Waals surface area (Å²) in [4.78, 5) is 8.56. The summed E-state index contributed by atoms with van der Waals surface area (Å²) in [5.74, 6) is 2.12. The molecule has 0 radical (unpaired) electrons. The Hall–Kier alpha value is -0.830. The molecular weight excluding hydrogens is 260 g/mol. The first-order valence-corrected chi connectivity index (χ1v) is 7.73. The maximum atomic E-state index is 5.97. The fraction of sp³-hybridized carbons (Fsp3) is 0.733. The van der Waals surface area contributed by atoms with Crippen LogP contribution in [0.4, 0.5) is 0 Å². The van der Waals surface area contributed by atoms with E-state index in [1.807, 2.05) is 0 Å². The molecule has 0 amide bonds. The fourth-order valence-corrected chi connectivity index (χ4v) is 2.33. The molecule has 1 aromatic rings. The smallest absolute Gasteiger partial charge is 0.218 e. The number of halogens is 1. The SMILES string of the molecule is CCCc1nc(Cl)cc(OCCC(CC)CCC)n1. The third-order valence-electron chi connectivity index (χ3n) is 3.24. The number of ether oxygens (including phenoxy) is 1. The summed E-state index contributed by atoms with van der Waals surface area (Å²) in [5, 5.41) is 0.467. The van der Waals surface area contributed by atoms with Gasteiger partial charge in [-0.05, 0) is 18.8 Å². The summed E-state index contributed by atoms with van der Waals surface area (Å²) < 4.78 is 5.72. The van der Waals surface area contributed by atoms with Gasteiger partial charge < -0.3 is 4.74 Å². The fourth-order valence-electron chi connectivity index (χ4n) is 2.14. The molecule has 4 heteroatoms. The molecule has 0 aliphatic carbocycles. The van der Waals surface area contributed by atoms with Crippen molar-refractivity contribution in [3.63, 3.8) is 0 Å². The summed E-state index contributed by atoms with van der Waals surface area (Å²) in [6.45, 7) is 7.27. The van der Waals surface area contributed by atoms with E-state index < -0.39 is 0 Å². The van der Waals surface area contributed by atoms with Crippen LogP contribution in [0.15, 0.2) is 6.07 Å². The number of hydrogen-bond donors (Lipinski definition) is 0. The highest BCUT2D eigenvalue weighted by atomic mass is 35.5. The lowest BCUT2D eigenvalue weighted by Gasteiger charge is -2.14. The van der Waals surface area contributed by atoms with Crippen molar-refractivity contribution in [3.8, 4) is 5.88 Å². The third-order valence-corrected chi connectivity index (χ3v) is 3.44. The first-order chi connectivity index (χ1) is 9.19.